The molecule has 2 amide bonds. The van der Waals surface area contributed by atoms with Gasteiger partial charge in [-0.05, 0) is 185 Å². The molecule has 81 heavy (non-hydrogen) atoms. The van der Waals surface area contributed by atoms with Gasteiger partial charge >= 0.3 is 51.4 Å². The summed E-state index contributed by atoms with van der Waals surface area (Å²) in [5.41, 5.74) is 6.37. The molecule has 19 heteroatoms. The van der Waals surface area contributed by atoms with Gasteiger partial charge in [0.2, 0.25) is 21.9 Å². The number of aryl methyl sites for hydroxylation is 4. The van der Waals surface area contributed by atoms with Crippen molar-refractivity contribution >= 4 is 43.8 Å². The van der Waals surface area contributed by atoms with E-state index >= 15 is 0 Å². The summed E-state index contributed by atoms with van der Waals surface area (Å²) in [6.07, 6.45) is 2.19. The molecule has 6 aromatic rings. The first kappa shape index (κ1) is 53.7. The molecule has 420 valence electrons. The molecule has 6 aliphatic rings. The minimum absolute atomic E-state index is 0. The Morgan fingerprint density at radius 1 is 0.617 bits per heavy atom. The molecule has 4 saturated carbocycles. The van der Waals surface area contributed by atoms with Crippen LogP contribution >= 0.6 is 0 Å². The van der Waals surface area contributed by atoms with Gasteiger partial charge in [-0.3, -0.25) is 14.3 Å². The number of carbonyl (C=O) groups excluding carboxylic acids is 2. The summed E-state index contributed by atoms with van der Waals surface area (Å²) in [6, 6.07) is 26.1. The summed E-state index contributed by atoms with van der Waals surface area (Å²) in [6.45, 7) is 16.5. The molecular weight excluding hydrogens is 1090 g/mol. The number of ether oxygens (including phenoxy) is 2. The number of hydrogen-bond donors (Lipinski definition) is 1. The summed E-state index contributed by atoms with van der Waals surface area (Å²) >= 11 is 0. The summed E-state index contributed by atoms with van der Waals surface area (Å²) < 4.78 is 106. The van der Waals surface area contributed by atoms with Crippen LogP contribution in [0, 0.1) is 50.4 Å². The van der Waals surface area contributed by atoms with Gasteiger partial charge in [0, 0.05) is 52.0 Å². The SMILES string of the molecule is [2H]C1([2H])CC12CC(N1C(=O)c3cccc(c3)S(=O)(=O)Nc3nc(cc(-c4c(C)cccc4C)n3)OC[C@H]1CC(C)C)C2.[2H]C1([2H])CC12CC(N1C(=O)c3cccc(c3)S(=O)(=O)[N-]c3nc(cc(-c4c(C)cccc4C)n3)OC[C@H]1CC(C)C)C2.[K+]. The monoisotopic (exact) mass is 1160 g/mol. The Labute approximate surface area is 525 Å². The Morgan fingerprint density at radius 2 is 1.04 bits per heavy atom. The summed E-state index contributed by atoms with van der Waals surface area (Å²) in [5.74, 6) is -0.0791. The van der Waals surface area contributed by atoms with Gasteiger partial charge in [-0.2, -0.15) is 4.98 Å². The number of nitrogens with one attached hydrogen (secondary N) is 1. The number of fused-ring (bicyclic) bond motifs is 8. The smallest absolute Gasteiger partial charge is 0.488 e. The molecule has 2 aliphatic heterocycles. The van der Waals surface area contributed by atoms with E-state index in [0.717, 1.165) is 33.4 Å². The molecule has 1 N–H and O–H groups in total. The van der Waals surface area contributed by atoms with E-state index in [4.69, 9.17) is 15.0 Å². The minimum atomic E-state index is -4.26. The Bertz CT molecular complexity index is 3560. The van der Waals surface area contributed by atoms with Crippen LogP contribution < -0.4 is 65.6 Å². The zero-order chi connectivity index (χ0) is 60.1. The number of nitrogens with zero attached hydrogens (tertiary/aromatic N) is 7. The minimum Gasteiger partial charge on any atom is -0.488 e. The molecule has 4 heterocycles. The van der Waals surface area contributed by atoms with Crippen LogP contribution in [-0.2, 0) is 20.0 Å². The fourth-order valence-corrected chi connectivity index (χ4v) is 14.0. The number of aromatic nitrogens is 4. The second-order valence-electron chi connectivity index (χ2n) is 23.6. The third kappa shape index (κ3) is 12.7. The van der Waals surface area contributed by atoms with Crippen molar-refractivity contribution in [2.24, 2.45) is 22.7 Å². The average Bonchev–Trinajstić information content (AvgIpc) is 1.55. The molecular formula is C62H71KN8O8S2. The van der Waals surface area contributed by atoms with Crippen molar-refractivity contribution in [2.75, 3.05) is 17.9 Å². The molecule has 4 aromatic carbocycles. The molecule has 2 atom stereocenters. The molecule has 16 nitrogen and oxygen atoms in total. The molecule has 0 unspecified atom stereocenters. The van der Waals surface area contributed by atoms with Crippen molar-refractivity contribution in [3.8, 4) is 34.3 Å². The summed E-state index contributed by atoms with van der Waals surface area (Å²) in [5, 5.41) is 0. The second-order valence-corrected chi connectivity index (χ2v) is 26.9. The van der Waals surface area contributed by atoms with E-state index in [9.17, 15) is 26.4 Å². The standard InChI is InChI=1S/C31H36N4O4S.C31H35N4O4S.K/c2*1-19(2)13-23-18-39-27-15-26(28-20(3)7-5-8-21(28)4)32-30(33-27)34-40(37,38)25-10-6-9-22(14-25)29(36)35(23)24-16-31(17-24)11-12-31;/h5-10,14-15,19,23-24H,11-13,16-18H2,1-4H3,(H,32,33,34);5-10,14-15,19,23-24H,11-13,16-18H2,1-4H3;/q;-1;+1/t2*23-;/m11./s1/i2*11D2;/t2*23-,24?,31?;. The number of anilines is 1. The van der Waals surface area contributed by atoms with Crippen LogP contribution in [0.15, 0.2) is 107 Å². The molecule has 8 bridgehead atoms. The molecule has 2 aromatic heterocycles. The van der Waals surface area contributed by atoms with Gasteiger partial charge in [0.05, 0.1) is 27.6 Å². The third-order valence-electron chi connectivity index (χ3n) is 16.3. The summed E-state index contributed by atoms with van der Waals surface area (Å²) in [7, 11) is -8.40. The number of sulfonamides is 2. The van der Waals surface area contributed by atoms with Crippen LogP contribution in [-0.4, -0.2) is 95.8 Å². The van der Waals surface area contributed by atoms with E-state index in [0.29, 0.717) is 62.8 Å². The Balaban J connectivity index is 0.000000187. The van der Waals surface area contributed by atoms with E-state index in [1.807, 2.05) is 73.9 Å². The molecule has 4 fully saturated rings. The maximum Gasteiger partial charge on any atom is 1.00 e. The Morgan fingerprint density at radius 3 is 1.49 bits per heavy atom. The van der Waals surface area contributed by atoms with Crippen molar-refractivity contribution in [1.82, 2.24) is 29.7 Å². The van der Waals surface area contributed by atoms with Crippen LogP contribution in [0.25, 0.3) is 27.2 Å². The van der Waals surface area contributed by atoms with Crippen molar-refractivity contribution < 1.29 is 92.8 Å². The zero-order valence-electron chi connectivity index (χ0n) is 51.5. The average molecular weight is 1160 g/mol. The van der Waals surface area contributed by atoms with Crippen molar-refractivity contribution in [1.29, 1.82) is 0 Å². The Hall–Kier alpha value is -5.28. The van der Waals surface area contributed by atoms with Crippen molar-refractivity contribution in [3.63, 3.8) is 0 Å². The van der Waals surface area contributed by atoms with Crippen LogP contribution in [0.1, 0.15) is 140 Å². The van der Waals surface area contributed by atoms with Gasteiger partial charge in [0.1, 0.15) is 19.1 Å². The van der Waals surface area contributed by atoms with Crippen LogP contribution in [0.5, 0.6) is 11.8 Å². The molecule has 0 saturated heterocycles. The van der Waals surface area contributed by atoms with E-state index in [2.05, 4.69) is 57.1 Å². The first-order valence-electron chi connectivity index (χ1n) is 29.6. The number of carbonyl (C=O) groups is 2. The predicted molar refractivity (Wildman–Crippen MR) is 307 cm³/mol. The molecule has 12 rings (SSSR count). The van der Waals surface area contributed by atoms with Gasteiger partial charge in [0.25, 0.3) is 21.8 Å². The van der Waals surface area contributed by atoms with Gasteiger partial charge in [-0.25, -0.2) is 26.5 Å². The Kier molecular flexibility index (Phi) is 15.3. The normalized spacial score (nSPS) is 26.9. The van der Waals surface area contributed by atoms with Gasteiger partial charge in [-0.15, -0.1) is 0 Å². The van der Waals surface area contributed by atoms with Gasteiger partial charge in [0.15, 0.2) is 0 Å². The summed E-state index contributed by atoms with van der Waals surface area (Å²) in [4.78, 5) is 49.7. The van der Waals surface area contributed by atoms with Crippen LogP contribution in [0.4, 0.5) is 11.9 Å². The zero-order valence-corrected chi connectivity index (χ0v) is 52.2. The number of amides is 2. The van der Waals surface area contributed by atoms with Gasteiger partial charge in [-0.1, -0.05) is 76.2 Å². The first-order chi connectivity index (χ1) is 39.6. The van der Waals surface area contributed by atoms with Crippen LogP contribution in [0.3, 0.4) is 0 Å². The second kappa shape index (κ2) is 23.1. The first-order valence-corrected chi connectivity index (χ1v) is 30.5. The maximum absolute atomic E-state index is 14.2. The van der Waals surface area contributed by atoms with E-state index < -0.39 is 32.8 Å². The molecule has 4 aliphatic carbocycles. The van der Waals surface area contributed by atoms with E-state index in [1.165, 1.54) is 24.3 Å². The topological polar surface area (TPSA) is 205 Å². The van der Waals surface area contributed by atoms with Crippen LogP contribution in [0.2, 0.25) is 0 Å². The quantitative estimate of drug-likeness (QED) is 0.142. The maximum atomic E-state index is 14.2. The molecule has 0 radical (unpaired) electrons. The van der Waals surface area contributed by atoms with Crippen molar-refractivity contribution in [3.05, 3.63) is 135 Å². The molecule has 2 spiro atoms. The fraction of sp³-hybridized carbons (Fsp3) is 0.452. The van der Waals surface area contributed by atoms with Crippen molar-refractivity contribution in [2.45, 2.75) is 153 Å². The largest absolute Gasteiger partial charge is 1.00 e. The number of rotatable bonds is 8. The van der Waals surface area contributed by atoms with E-state index in [-0.39, 0.29) is 168 Å². The fourth-order valence-electron chi connectivity index (χ4n) is 12.1. The third-order valence-corrected chi connectivity index (χ3v) is 18.9. The van der Waals surface area contributed by atoms with E-state index in [1.54, 1.807) is 36.4 Å². The number of benzene rings is 4. The number of hydrogen-bond acceptors (Lipinski definition) is 12. The van der Waals surface area contributed by atoms with Gasteiger partial charge < -0.3 is 29.2 Å². The predicted octanol–water partition coefficient (Wildman–Crippen LogP) is 9.10.